The van der Waals surface area contributed by atoms with Crippen molar-refractivity contribution >= 4 is 5.91 Å². The standard InChI is InChI=1S/C12H23N3O/c16-12(15-10-5-6-10)4-2-7-13-9-11-3-1-8-14-11/h10-11,13-14H,1-9H2,(H,15,16). The number of hydrogen-bond donors (Lipinski definition) is 3. The highest BCUT2D eigenvalue weighted by molar-refractivity contribution is 5.76. The van der Waals surface area contributed by atoms with Crippen molar-refractivity contribution in [3.8, 4) is 0 Å². The number of carbonyl (C=O) groups is 1. The Labute approximate surface area is 97.6 Å². The molecular weight excluding hydrogens is 202 g/mol. The van der Waals surface area contributed by atoms with E-state index in [1.54, 1.807) is 0 Å². The van der Waals surface area contributed by atoms with E-state index in [2.05, 4.69) is 16.0 Å². The van der Waals surface area contributed by atoms with Gasteiger partial charge in [-0.3, -0.25) is 4.79 Å². The van der Waals surface area contributed by atoms with Gasteiger partial charge in [-0.2, -0.15) is 0 Å². The van der Waals surface area contributed by atoms with Crippen molar-refractivity contribution in [1.29, 1.82) is 0 Å². The highest BCUT2D eigenvalue weighted by atomic mass is 16.1. The molecular formula is C12H23N3O. The molecule has 1 saturated carbocycles. The molecule has 16 heavy (non-hydrogen) atoms. The molecule has 1 saturated heterocycles. The average molecular weight is 225 g/mol. The van der Waals surface area contributed by atoms with Gasteiger partial charge in [0.2, 0.25) is 5.91 Å². The molecule has 1 atom stereocenters. The van der Waals surface area contributed by atoms with Crippen molar-refractivity contribution in [2.75, 3.05) is 19.6 Å². The molecule has 0 radical (unpaired) electrons. The van der Waals surface area contributed by atoms with Gasteiger partial charge in [0.25, 0.3) is 0 Å². The first-order valence-corrected chi connectivity index (χ1v) is 6.58. The second-order valence-electron chi connectivity index (χ2n) is 4.94. The van der Waals surface area contributed by atoms with Crippen LogP contribution in [0.2, 0.25) is 0 Å². The van der Waals surface area contributed by atoms with Crippen molar-refractivity contribution < 1.29 is 4.79 Å². The van der Waals surface area contributed by atoms with Gasteiger partial charge < -0.3 is 16.0 Å². The normalized spacial score (nSPS) is 24.6. The molecule has 2 aliphatic rings. The van der Waals surface area contributed by atoms with Gasteiger partial charge in [0.15, 0.2) is 0 Å². The molecule has 1 aliphatic heterocycles. The summed E-state index contributed by atoms with van der Waals surface area (Å²) in [6, 6.07) is 1.16. The Morgan fingerprint density at radius 1 is 1.31 bits per heavy atom. The largest absolute Gasteiger partial charge is 0.353 e. The Hall–Kier alpha value is -0.610. The molecule has 2 rings (SSSR count). The zero-order chi connectivity index (χ0) is 11.2. The van der Waals surface area contributed by atoms with Crippen LogP contribution in [0.5, 0.6) is 0 Å². The van der Waals surface area contributed by atoms with Gasteiger partial charge in [0.05, 0.1) is 0 Å². The Bertz CT molecular complexity index is 222. The quantitative estimate of drug-likeness (QED) is 0.549. The summed E-state index contributed by atoms with van der Waals surface area (Å²) in [6.45, 7) is 3.16. The zero-order valence-corrected chi connectivity index (χ0v) is 9.93. The highest BCUT2D eigenvalue weighted by Crippen LogP contribution is 2.18. The summed E-state index contributed by atoms with van der Waals surface area (Å²) in [5.74, 6) is 0.225. The molecule has 92 valence electrons. The van der Waals surface area contributed by atoms with Crippen LogP contribution in [0.15, 0.2) is 0 Å². The lowest BCUT2D eigenvalue weighted by Gasteiger charge is -2.11. The fraction of sp³-hybridized carbons (Fsp3) is 0.917. The molecule has 0 aromatic heterocycles. The van der Waals surface area contributed by atoms with Gasteiger partial charge >= 0.3 is 0 Å². The molecule has 2 fully saturated rings. The van der Waals surface area contributed by atoms with Gasteiger partial charge in [0.1, 0.15) is 0 Å². The molecule has 1 unspecified atom stereocenters. The van der Waals surface area contributed by atoms with Crippen LogP contribution in [0, 0.1) is 0 Å². The van der Waals surface area contributed by atoms with Crippen LogP contribution < -0.4 is 16.0 Å². The van der Waals surface area contributed by atoms with Crippen LogP contribution in [-0.2, 0) is 4.79 Å². The predicted molar refractivity (Wildman–Crippen MR) is 64.3 cm³/mol. The van der Waals surface area contributed by atoms with Crippen LogP contribution in [0.1, 0.15) is 38.5 Å². The summed E-state index contributed by atoms with van der Waals surface area (Å²) in [6.07, 6.45) is 6.56. The van der Waals surface area contributed by atoms with Gasteiger partial charge in [0, 0.05) is 25.0 Å². The maximum atomic E-state index is 11.4. The SMILES string of the molecule is O=C(CCCNCC1CCCN1)NC1CC1. The first kappa shape index (κ1) is 11.9. The van der Waals surface area contributed by atoms with E-state index in [0.29, 0.717) is 18.5 Å². The van der Waals surface area contributed by atoms with Gasteiger partial charge in [-0.25, -0.2) is 0 Å². The first-order valence-electron chi connectivity index (χ1n) is 6.58. The molecule has 4 heteroatoms. The molecule has 4 nitrogen and oxygen atoms in total. The van der Waals surface area contributed by atoms with Crippen molar-refractivity contribution in [2.24, 2.45) is 0 Å². The summed E-state index contributed by atoms with van der Waals surface area (Å²) < 4.78 is 0. The summed E-state index contributed by atoms with van der Waals surface area (Å²) in [7, 11) is 0. The van der Waals surface area contributed by atoms with Gasteiger partial charge in [-0.1, -0.05) is 0 Å². The fourth-order valence-corrected chi connectivity index (χ4v) is 2.11. The van der Waals surface area contributed by atoms with E-state index in [4.69, 9.17) is 0 Å². The number of nitrogens with one attached hydrogen (secondary N) is 3. The third-order valence-electron chi connectivity index (χ3n) is 3.25. The second-order valence-corrected chi connectivity index (χ2v) is 4.94. The third kappa shape index (κ3) is 4.49. The predicted octanol–water partition coefficient (Wildman–Crippen LogP) is 0.387. The molecule has 1 heterocycles. The molecule has 0 aromatic carbocycles. The van der Waals surface area contributed by atoms with Crippen LogP contribution in [-0.4, -0.2) is 37.6 Å². The lowest BCUT2D eigenvalue weighted by atomic mass is 10.2. The molecule has 3 N–H and O–H groups in total. The van der Waals surface area contributed by atoms with Gasteiger partial charge in [-0.15, -0.1) is 0 Å². The molecule has 1 aliphatic carbocycles. The Balaban J connectivity index is 1.40. The van der Waals surface area contributed by atoms with E-state index >= 15 is 0 Å². The summed E-state index contributed by atoms with van der Waals surface area (Å²) in [5.41, 5.74) is 0. The number of carbonyl (C=O) groups excluding carboxylic acids is 1. The average Bonchev–Trinajstić information content (AvgIpc) is 2.93. The summed E-state index contributed by atoms with van der Waals surface area (Å²) in [5, 5.41) is 9.86. The fourth-order valence-electron chi connectivity index (χ4n) is 2.11. The summed E-state index contributed by atoms with van der Waals surface area (Å²) in [4.78, 5) is 11.4. The molecule has 0 bridgehead atoms. The van der Waals surface area contributed by atoms with Gasteiger partial charge in [-0.05, 0) is 45.2 Å². The minimum absolute atomic E-state index is 0.225. The van der Waals surface area contributed by atoms with E-state index in [0.717, 1.165) is 26.1 Å². The van der Waals surface area contributed by atoms with Crippen LogP contribution >= 0.6 is 0 Å². The molecule has 0 aromatic rings. The minimum Gasteiger partial charge on any atom is -0.353 e. The third-order valence-corrected chi connectivity index (χ3v) is 3.25. The maximum Gasteiger partial charge on any atom is 0.220 e. The first-order chi connectivity index (χ1) is 7.84. The van der Waals surface area contributed by atoms with Crippen LogP contribution in [0.25, 0.3) is 0 Å². The number of hydrogen-bond acceptors (Lipinski definition) is 3. The lowest BCUT2D eigenvalue weighted by molar-refractivity contribution is -0.121. The highest BCUT2D eigenvalue weighted by Gasteiger charge is 2.22. The van der Waals surface area contributed by atoms with Crippen molar-refractivity contribution in [2.45, 2.75) is 50.6 Å². The number of rotatable bonds is 7. The van der Waals surface area contributed by atoms with Crippen LogP contribution in [0.4, 0.5) is 0 Å². The van der Waals surface area contributed by atoms with Crippen LogP contribution in [0.3, 0.4) is 0 Å². The smallest absolute Gasteiger partial charge is 0.220 e. The Morgan fingerprint density at radius 3 is 2.88 bits per heavy atom. The molecule has 0 spiro atoms. The lowest BCUT2D eigenvalue weighted by Crippen LogP contribution is -2.34. The minimum atomic E-state index is 0.225. The summed E-state index contributed by atoms with van der Waals surface area (Å²) >= 11 is 0. The van der Waals surface area contributed by atoms with Crippen molar-refractivity contribution in [1.82, 2.24) is 16.0 Å². The Kier molecular flexibility index (Phi) is 4.60. The van der Waals surface area contributed by atoms with E-state index < -0.39 is 0 Å². The molecule has 1 amide bonds. The van der Waals surface area contributed by atoms with Crippen molar-refractivity contribution in [3.05, 3.63) is 0 Å². The zero-order valence-electron chi connectivity index (χ0n) is 9.93. The van der Waals surface area contributed by atoms with E-state index in [-0.39, 0.29) is 5.91 Å². The van der Waals surface area contributed by atoms with E-state index in [1.165, 1.54) is 25.7 Å². The van der Waals surface area contributed by atoms with E-state index in [1.807, 2.05) is 0 Å². The monoisotopic (exact) mass is 225 g/mol. The topological polar surface area (TPSA) is 53.2 Å². The van der Waals surface area contributed by atoms with Crippen molar-refractivity contribution in [3.63, 3.8) is 0 Å². The maximum absolute atomic E-state index is 11.4. The number of amides is 1. The Morgan fingerprint density at radius 2 is 2.19 bits per heavy atom. The second kappa shape index (κ2) is 6.21. The van der Waals surface area contributed by atoms with E-state index in [9.17, 15) is 4.79 Å².